The van der Waals surface area contributed by atoms with Crippen molar-refractivity contribution in [2.45, 2.75) is 25.8 Å². The lowest BCUT2D eigenvalue weighted by molar-refractivity contribution is -0.137. The second kappa shape index (κ2) is 8.43. The molecule has 1 aliphatic rings. The lowest BCUT2D eigenvalue weighted by Gasteiger charge is -2.33. The van der Waals surface area contributed by atoms with E-state index in [1.807, 2.05) is 6.07 Å². The maximum absolute atomic E-state index is 13.0. The van der Waals surface area contributed by atoms with Gasteiger partial charge in [-0.05, 0) is 60.0 Å². The molecular formula is C21H21BrN4O4. The van der Waals surface area contributed by atoms with E-state index in [-0.39, 0.29) is 17.7 Å². The highest BCUT2D eigenvalue weighted by Crippen LogP contribution is 2.23. The first-order valence-electron chi connectivity index (χ1n) is 9.75. The van der Waals surface area contributed by atoms with Crippen LogP contribution in [-0.4, -0.2) is 39.4 Å². The first kappa shape index (κ1) is 20.3. The van der Waals surface area contributed by atoms with E-state index in [0.29, 0.717) is 42.8 Å². The van der Waals surface area contributed by atoms with Crippen LogP contribution in [0.3, 0.4) is 0 Å². The van der Waals surface area contributed by atoms with Gasteiger partial charge in [-0.1, -0.05) is 12.1 Å². The number of para-hydroxylation sites is 2. The van der Waals surface area contributed by atoms with E-state index in [2.05, 4.69) is 26.2 Å². The van der Waals surface area contributed by atoms with Gasteiger partial charge in [0.25, 0.3) is 0 Å². The fourth-order valence-corrected chi connectivity index (χ4v) is 4.00. The molecule has 2 aromatic heterocycles. The standard InChI is InChI=1S/C21H21BrN4O4/c1-13(26-16-4-2-3-5-17(16)30-21(26)29)20(28)25-10-8-14(9-11-25)19(27)24-18-7-6-15(22)12-23-18/h2-7,12-14H,8-11H2,1H3,(H,23,24,27). The Morgan fingerprint density at radius 1 is 1.20 bits per heavy atom. The van der Waals surface area contributed by atoms with Crippen molar-refractivity contribution in [2.24, 2.45) is 5.92 Å². The lowest BCUT2D eigenvalue weighted by Crippen LogP contribution is -2.44. The number of carbonyl (C=O) groups is 2. The van der Waals surface area contributed by atoms with Gasteiger partial charge in [0.2, 0.25) is 11.8 Å². The van der Waals surface area contributed by atoms with E-state index in [9.17, 15) is 14.4 Å². The van der Waals surface area contributed by atoms with E-state index >= 15 is 0 Å². The molecule has 1 aliphatic heterocycles. The molecule has 0 bridgehead atoms. The normalized spacial score (nSPS) is 15.9. The summed E-state index contributed by atoms with van der Waals surface area (Å²) in [6.07, 6.45) is 2.74. The molecule has 1 unspecified atom stereocenters. The first-order chi connectivity index (χ1) is 14.4. The van der Waals surface area contributed by atoms with Gasteiger partial charge in [0.15, 0.2) is 5.58 Å². The van der Waals surface area contributed by atoms with Crippen molar-refractivity contribution in [1.82, 2.24) is 14.5 Å². The zero-order chi connectivity index (χ0) is 21.3. The monoisotopic (exact) mass is 472 g/mol. The molecule has 2 amide bonds. The Morgan fingerprint density at radius 2 is 1.93 bits per heavy atom. The number of amides is 2. The third-order valence-electron chi connectivity index (χ3n) is 5.42. The molecule has 4 rings (SSSR count). The Balaban J connectivity index is 1.39. The topological polar surface area (TPSA) is 97.4 Å². The fraction of sp³-hybridized carbons (Fsp3) is 0.333. The van der Waals surface area contributed by atoms with Gasteiger partial charge in [-0.3, -0.25) is 14.2 Å². The van der Waals surface area contributed by atoms with Crippen molar-refractivity contribution in [2.75, 3.05) is 18.4 Å². The summed E-state index contributed by atoms with van der Waals surface area (Å²) in [6.45, 7) is 2.61. The lowest BCUT2D eigenvalue weighted by atomic mass is 9.95. The van der Waals surface area contributed by atoms with Gasteiger partial charge in [0.05, 0.1) is 5.52 Å². The molecule has 0 spiro atoms. The van der Waals surface area contributed by atoms with Crippen LogP contribution in [0, 0.1) is 5.92 Å². The van der Waals surface area contributed by atoms with Crippen molar-refractivity contribution in [1.29, 1.82) is 0 Å². The molecule has 0 radical (unpaired) electrons. The van der Waals surface area contributed by atoms with Crippen molar-refractivity contribution in [3.8, 4) is 0 Å². The molecule has 0 aliphatic carbocycles. The Morgan fingerprint density at radius 3 is 2.63 bits per heavy atom. The number of nitrogens with zero attached hydrogens (tertiary/aromatic N) is 3. The average Bonchev–Trinajstić information content (AvgIpc) is 3.10. The summed E-state index contributed by atoms with van der Waals surface area (Å²) in [4.78, 5) is 43.7. The number of halogens is 1. The van der Waals surface area contributed by atoms with E-state index in [4.69, 9.17) is 4.42 Å². The second-order valence-electron chi connectivity index (χ2n) is 7.33. The maximum atomic E-state index is 13.0. The number of likely N-dealkylation sites (tertiary alicyclic amines) is 1. The predicted octanol–water partition coefficient (Wildman–Crippen LogP) is 3.19. The molecule has 1 fully saturated rings. The van der Waals surface area contributed by atoms with Crippen LogP contribution < -0.4 is 11.1 Å². The number of hydrogen-bond acceptors (Lipinski definition) is 5. The van der Waals surface area contributed by atoms with Crippen LogP contribution in [0.15, 0.2) is 56.3 Å². The quantitative estimate of drug-likeness (QED) is 0.628. The summed E-state index contributed by atoms with van der Waals surface area (Å²) in [5.41, 5.74) is 1.05. The highest BCUT2D eigenvalue weighted by atomic mass is 79.9. The van der Waals surface area contributed by atoms with E-state index in [1.165, 1.54) is 4.57 Å². The van der Waals surface area contributed by atoms with Gasteiger partial charge in [-0.2, -0.15) is 0 Å². The largest absolute Gasteiger partial charge is 0.420 e. The number of carbonyl (C=O) groups excluding carboxylic acids is 2. The van der Waals surface area contributed by atoms with Crippen LogP contribution in [0.1, 0.15) is 25.8 Å². The zero-order valence-electron chi connectivity index (χ0n) is 16.4. The molecule has 156 valence electrons. The molecule has 1 aromatic carbocycles. The van der Waals surface area contributed by atoms with Crippen LogP contribution in [-0.2, 0) is 9.59 Å². The number of fused-ring (bicyclic) bond motifs is 1. The van der Waals surface area contributed by atoms with Crippen molar-refractivity contribution in [3.05, 3.63) is 57.6 Å². The molecule has 9 heteroatoms. The van der Waals surface area contributed by atoms with Gasteiger partial charge < -0.3 is 14.6 Å². The second-order valence-corrected chi connectivity index (χ2v) is 8.25. The number of hydrogen-bond donors (Lipinski definition) is 1. The molecular weight excluding hydrogens is 452 g/mol. The summed E-state index contributed by atoms with van der Waals surface area (Å²) < 4.78 is 7.47. The minimum Gasteiger partial charge on any atom is -0.408 e. The van der Waals surface area contributed by atoms with Crippen LogP contribution in [0.25, 0.3) is 11.1 Å². The summed E-state index contributed by atoms with van der Waals surface area (Å²) in [7, 11) is 0. The Bertz CT molecular complexity index is 1130. The van der Waals surface area contributed by atoms with Gasteiger partial charge >= 0.3 is 5.76 Å². The van der Waals surface area contributed by atoms with Crippen LogP contribution >= 0.6 is 15.9 Å². The van der Waals surface area contributed by atoms with Crippen molar-refractivity contribution < 1.29 is 14.0 Å². The zero-order valence-corrected chi connectivity index (χ0v) is 18.0. The molecule has 1 saturated heterocycles. The minimum atomic E-state index is -0.682. The van der Waals surface area contributed by atoms with Gasteiger partial charge in [0, 0.05) is 29.7 Å². The van der Waals surface area contributed by atoms with Crippen LogP contribution in [0.5, 0.6) is 0 Å². The Hall–Kier alpha value is -2.94. The summed E-state index contributed by atoms with van der Waals surface area (Å²) in [5.74, 6) is -0.485. The molecule has 1 atom stereocenters. The first-order valence-corrected chi connectivity index (χ1v) is 10.5. The number of rotatable bonds is 4. The predicted molar refractivity (Wildman–Crippen MR) is 115 cm³/mol. The number of piperidine rings is 1. The number of nitrogens with one attached hydrogen (secondary N) is 1. The Labute approximate surface area is 181 Å². The number of aromatic nitrogens is 2. The number of oxazole rings is 1. The third kappa shape index (κ3) is 4.02. The van der Waals surface area contributed by atoms with Gasteiger partial charge in [-0.15, -0.1) is 0 Å². The molecule has 0 saturated carbocycles. The van der Waals surface area contributed by atoms with Crippen LogP contribution in [0.4, 0.5) is 5.82 Å². The molecule has 3 heterocycles. The average molecular weight is 473 g/mol. The van der Waals surface area contributed by atoms with Gasteiger partial charge in [0.1, 0.15) is 11.9 Å². The van der Waals surface area contributed by atoms with Crippen molar-refractivity contribution >= 4 is 44.7 Å². The van der Waals surface area contributed by atoms with Crippen LogP contribution in [0.2, 0.25) is 0 Å². The minimum absolute atomic E-state index is 0.0954. The number of pyridine rings is 1. The fourth-order valence-electron chi connectivity index (χ4n) is 3.77. The molecule has 3 aromatic rings. The summed E-state index contributed by atoms with van der Waals surface area (Å²) in [6, 6.07) is 9.91. The third-order valence-corrected chi connectivity index (χ3v) is 5.89. The van der Waals surface area contributed by atoms with Crippen molar-refractivity contribution in [3.63, 3.8) is 0 Å². The Kier molecular flexibility index (Phi) is 5.72. The number of anilines is 1. The summed E-state index contributed by atoms with van der Waals surface area (Å²) in [5, 5.41) is 2.82. The summed E-state index contributed by atoms with van der Waals surface area (Å²) >= 11 is 3.31. The molecule has 30 heavy (non-hydrogen) atoms. The van der Waals surface area contributed by atoms with E-state index < -0.39 is 11.8 Å². The SMILES string of the molecule is CC(C(=O)N1CCC(C(=O)Nc2ccc(Br)cn2)CC1)n1c(=O)oc2ccccc21. The maximum Gasteiger partial charge on any atom is 0.420 e. The molecule has 8 nitrogen and oxygen atoms in total. The molecule has 1 N–H and O–H groups in total. The van der Waals surface area contributed by atoms with E-state index in [0.717, 1.165) is 4.47 Å². The highest BCUT2D eigenvalue weighted by Gasteiger charge is 2.31. The smallest absolute Gasteiger partial charge is 0.408 e. The van der Waals surface area contributed by atoms with Gasteiger partial charge in [-0.25, -0.2) is 9.78 Å². The highest BCUT2D eigenvalue weighted by molar-refractivity contribution is 9.10. The van der Waals surface area contributed by atoms with E-state index in [1.54, 1.807) is 48.4 Å². The number of benzene rings is 1.